The van der Waals surface area contributed by atoms with Gasteiger partial charge in [-0.25, -0.2) is 9.97 Å². The highest BCUT2D eigenvalue weighted by atomic mass is 16.5. The van der Waals surface area contributed by atoms with E-state index in [1.54, 1.807) is 13.3 Å². The van der Waals surface area contributed by atoms with Gasteiger partial charge in [0.15, 0.2) is 0 Å². The minimum Gasteiger partial charge on any atom is -0.496 e. The third-order valence-corrected chi connectivity index (χ3v) is 6.17. The summed E-state index contributed by atoms with van der Waals surface area (Å²) in [4.78, 5) is 14.7. The molecule has 6 nitrogen and oxygen atoms in total. The van der Waals surface area contributed by atoms with Crippen LogP contribution in [0.2, 0.25) is 0 Å². The fourth-order valence-electron chi connectivity index (χ4n) is 4.53. The summed E-state index contributed by atoms with van der Waals surface area (Å²) in [5, 5.41) is 2.09. The number of anilines is 1. The van der Waals surface area contributed by atoms with E-state index in [0.29, 0.717) is 5.82 Å². The van der Waals surface area contributed by atoms with Gasteiger partial charge in [0.25, 0.3) is 0 Å². The molecule has 1 fully saturated rings. The number of pyridine rings is 2. The zero-order valence-corrected chi connectivity index (χ0v) is 17.5. The Kier molecular flexibility index (Phi) is 4.79. The molecule has 1 aliphatic heterocycles. The lowest BCUT2D eigenvalue weighted by Gasteiger charge is -2.28. The van der Waals surface area contributed by atoms with Crippen LogP contribution >= 0.6 is 0 Å². The van der Waals surface area contributed by atoms with Crippen molar-refractivity contribution < 1.29 is 4.74 Å². The normalized spacial score (nSPS) is 15.1. The molecule has 4 heterocycles. The zero-order valence-electron chi connectivity index (χ0n) is 17.5. The van der Waals surface area contributed by atoms with E-state index >= 15 is 0 Å². The van der Waals surface area contributed by atoms with E-state index in [1.165, 1.54) is 43.5 Å². The molecule has 4 aromatic rings. The molecule has 0 unspecified atom stereocenters. The van der Waals surface area contributed by atoms with Crippen LogP contribution < -0.4 is 10.5 Å². The van der Waals surface area contributed by atoms with Crippen LogP contribution in [0.5, 0.6) is 5.75 Å². The maximum absolute atomic E-state index is 5.91. The lowest BCUT2D eigenvalue weighted by atomic mass is 9.98. The van der Waals surface area contributed by atoms with Crippen molar-refractivity contribution in [2.45, 2.75) is 32.7 Å². The summed E-state index contributed by atoms with van der Waals surface area (Å²) in [5.41, 5.74) is 12.4. The van der Waals surface area contributed by atoms with Crippen LogP contribution in [-0.2, 0) is 6.54 Å². The number of rotatable bonds is 4. The molecule has 0 amide bonds. The standard InChI is InChI=1S/C24H27N5O/c1-15-8-16(10-22(30-2)20(15)14-29-6-4-3-5-7-29)17-9-19-18-11-23(25)26-13-21(18)28-24(19)27-12-17/h8-13H,3-7,14H2,1-2H3,(H2,25,26)(H,27,28). The van der Waals surface area contributed by atoms with E-state index in [1.807, 2.05) is 12.3 Å². The van der Waals surface area contributed by atoms with Crippen molar-refractivity contribution in [1.29, 1.82) is 0 Å². The number of aryl methyl sites for hydroxylation is 1. The summed E-state index contributed by atoms with van der Waals surface area (Å²) in [5.74, 6) is 1.46. The molecule has 6 heteroatoms. The van der Waals surface area contributed by atoms with Gasteiger partial charge in [0.2, 0.25) is 0 Å². The molecule has 3 aromatic heterocycles. The summed E-state index contributed by atoms with van der Waals surface area (Å²) in [7, 11) is 1.76. The first kappa shape index (κ1) is 18.9. The van der Waals surface area contributed by atoms with E-state index in [9.17, 15) is 0 Å². The van der Waals surface area contributed by atoms with Gasteiger partial charge >= 0.3 is 0 Å². The second-order valence-electron chi connectivity index (χ2n) is 8.21. The number of nitrogen functional groups attached to an aromatic ring is 1. The lowest BCUT2D eigenvalue weighted by molar-refractivity contribution is 0.218. The number of aromatic amines is 1. The highest BCUT2D eigenvalue weighted by molar-refractivity contribution is 6.07. The van der Waals surface area contributed by atoms with Gasteiger partial charge in [0.1, 0.15) is 17.2 Å². The van der Waals surface area contributed by atoms with Gasteiger partial charge in [0.05, 0.1) is 18.8 Å². The lowest BCUT2D eigenvalue weighted by Crippen LogP contribution is -2.29. The Morgan fingerprint density at radius 3 is 2.63 bits per heavy atom. The van der Waals surface area contributed by atoms with Crippen LogP contribution in [0.15, 0.2) is 36.7 Å². The third kappa shape index (κ3) is 3.37. The Bertz CT molecular complexity index is 1220. The molecule has 0 bridgehead atoms. The number of likely N-dealkylation sites (tertiary alicyclic amines) is 1. The Hall–Kier alpha value is -3.12. The van der Waals surface area contributed by atoms with Crippen LogP contribution in [0.25, 0.3) is 33.1 Å². The number of H-pyrrole nitrogens is 1. The largest absolute Gasteiger partial charge is 0.496 e. The van der Waals surface area contributed by atoms with E-state index in [-0.39, 0.29) is 0 Å². The monoisotopic (exact) mass is 401 g/mol. The number of ether oxygens (including phenoxy) is 1. The van der Waals surface area contributed by atoms with Gasteiger partial charge in [-0.05, 0) is 62.2 Å². The van der Waals surface area contributed by atoms with Crippen molar-refractivity contribution in [3.8, 4) is 16.9 Å². The van der Waals surface area contributed by atoms with E-state index in [0.717, 1.165) is 45.4 Å². The molecule has 5 rings (SSSR count). The summed E-state index contributed by atoms with van der Waals surface area (Å²) >= 11 is 0. The molecule has 0 aliphatic carbocycles. The average Bonchev–Trinajstić information content (AvgIpc) is 3.12. The fraction of sp³-hybridized carbons (Fsp3) is 0.333. The quantitative estimate of drug-likeness (QED) is 0.520. The van der Waals surface area contributed by atoms with Crippen molar-refractivity contribution >= 4 is 27.8 Å². The van der Waals surface area contributed by atoms with Crippen LogP contribution in [0.4, 0.5) is 5.82 Å². The number of hydrogen-bond acceptors (Lipinski definition) is 5. The van der Waals surface area contributed by atoms with Crippen molar-refractivity contribution in [3.63, 3.8) is 0 Å². The summed E-state index contributed by atoms with van der Waals surface area (Å²) in [6, 6.07) is 8.45. The number of fused-ring (bicyclic) bond motifs is 3. The Morgan fingerprint density at radius 2 is 1.83 bits per heavy atom. The highest BCUT2D eigenvalue weighted by Gasteiger charge is 2.17. The molecule has 30 heavy (non-hydrogen) atoms. The summed E-state index contributed by atoms with van der Waals surface area (Å²) in [6.45, 7) is 5.46. The van der Waals surface area contributed by atoms with Crippen molar-refractivity contribution in [3.05, 3.63) is 47.8 Å². The van der Waals surface area contributed by atoms with Crippen LogP contribution in [-0.4, -0.2) is 40.1 Å². The highest BCUT2D eigenvalue weighted by Crippen LogP contribution is 2.34. The Balaban J connectivity index is 1.56. The molecular weight excluding hydrogens is 374 g/mol. The average molecular weight is 402 g/mol. The van der Waals surface area contributed by atoms with Gasteiger partial charge in [-0.2, -0.15) is 0 Å². The maximum Gasteiger partial charge on any atom is 0.138 e. The molecule has 0 radical (unpaired) electrons. The van der Waals surface area contributed by atoms with Gasteiger partial charge in [-0.15, -0.1) is 0 Å². The van der Waals surface area contributed by atoms with Crippen molar-refractivity contribution in [2.75, 3.05) is 25.9 Å². The SMILES string of the molecule is COc1cc(-c2cnc3[nH]c4cnc(N)cc4c3c2)cc(C)c1CN1CCCCC1. The van der Waals surface area contributed by atoms with Crippen molar-refractivity contribution in [2.24, 2.45) is 0 Å². The van der Waals surface area contributed by atoms with Crippen LogP contribution in [0.3, 0.4) is 0 Å². The first-order valence-corrected chi connectivity index (χ1v) is 10.6. The number of benzene rings is 1. The summed E-state index contributed by atoms with van der Waals surface area (Å²) < 4.78 is 5.81. The molecule has 0 atom stereocenters. The number of nitrogens with zero attached hydrogens (tertiary/aromatic N) is 3. The number of hydrogen-bond donors (Lipinski definition) is 2. The number of aromatic nitrogens is 3. The van der Waals surface area contributed by atoms with E-state index < -0.39 is 0 Å². The fourth-order valence-corrected chi connectivity index (χ4v) is 4.53. The second kappa shape index (κ2) is 7.61. The minimum absolute atomic E-state index is 0.508. The van der Waals surface area contributed by atoms with E-state index in [2.05, 4.69) is 45.0 Å². The van der Waals surface area contributed by atoms with Crippen molar-refractivity contribution in [1.82, 2.24) is 19.9 Å². The third-order valence-electron chi connectivity index (χ3n) is 6.17. The molecule has 0 saturated carbocycles. The van der Waals surface area contributed by atoms with Gasteiger partial charge in [-0.1, -0.05) is 12.5 Å². The molecule has 154 valence electrons. The summed E-state index contributed by atoms with van der Waals surface area (Å²) in [6.07, 6.45) is 7.59. The number of nitrogens with one attached hydrogen (secondary N) is 1. The van der Waals surface area contributed by atoms with Crippen LogP contribution in [0.1, 0.15) is 30.4 Å². The van der Waals surface area contributed by atoms with Crippen LogP contribution in [0, 0.1) is 6.92 Å². The first-order valence-electron chi connectivity index (χ1n) is 10.6. The predicted octanol–water partition coefficient (Wildman–Crippen LogP) is 4.66. The van der Waals surface area contributed by atoms with Gasteiger partial charge in [0, 0.05) is 34.6 Å². The molecule has 1 saturated heterocycles. The Morgan fingerprint density at radius 1 is 1.00 bits per heavy atom. The van der Waals surface area contributed by atoms with E-state index in [4.69, 9.17) is 10.5 Å². The zero-order chi connectivity index (χ0) is 20.7. The minimum atomic E-state index is 0.508. The number of piperidine rings is 1. The topological polar surface area (TPSA) is 80.1 Å². The second-order valence-corrected chi connectivity index (χ2v) is 8.21. The molecule has 1 aliphatic rings. The Labute approximate surface area is 176 Å². The molecular formula is C24H27N5O. The molecule has 0 spiro atoms. The molecule has 1 aromatic carbocycles. The first-order chi connectivity index (χ1) is 14.6. The number of methoxy groups -OCH3 is 1. The van der Waals surface area contributed by atoms with Gasteiger partial charge in [-0.3, -0.25) is 4.90 Å². The smallest absolute Gasteiger partial charge is 0.138 e. The maximum atomic E-state index is 5.91. The predicted molar refractivity (Wildman–Crippen MR) is 122 cm³/mol. The molecule has 3 N–H and O–H groups in total. The van der Waals surface area contributed by atoms with Gasteiger partial charge < -0.3 is 15.5 Å². The number of nitrogens with two attached hydrogens (primary N) is 1.